The van der Waals surface area contributed by atoms with Crippen molar-refractivity contribution in [2.75, 3.05) is 0 Å². The molecule has 0 amide bonds. The van der Waals surface area contributed by atoms with Gasteiger partial charge in [-0.25, -0.2) is 0 Å². The fraction of sp³-hybridized carbons (Fsp3) is 0.333. The van der Waals surface area contributed by atoms with Crippen LogP contribution in [0.25, 0.3) is 0 Å². The van der Waals surface area contributed by atoms with Gasteiger partial charge in [-0.2, -0.15) is 0 Å². The number of esters is 1. The van der Waals surface area contributed by atoms with Crippen LogP contribution in [0.2, 0.25) is 0 Å². The van der Waals surface area contributed by atoms with E-state index in [2.05, 4.69) is 0 Å². The monoisotopic (exact) mass is 676 g/mol. The molecule has 50 heavy (non-hydrogen) atoms. The molecule has 0 spiro atoms. The molecule has 0 aromatic heterocycles. The molecule has 2 heterocycles. The van der Waals surface area contributed by atoms with Crippen LogP contribution in [-0.2, 0) is 39.4 Å². The maximum Gasteiger partial charge on any atom is 0.314 e. The van der Waals surface area contributed by atoms with Gasteiger partial charge in [0.2, 0.25) is 0 Å². The van der Waals surface area contributed by atoms with E-state index in [9.17, 15) is 24.3 Å². The Morgan fingerprint density at radius 2 is 1.20 bits per heavy atom. The van der Waals surface area contributed by atoms with Gasteiger partial charge in [-0.1, -0.05) is 87.4 Å². The number of benzene rings is 4. The molecule has 4 aromatic rings. The summed E-state index contributed by atoms with van der Waals surface area (Å²) in [6.07, 6.45) is 2.73. The molecule has 0 bridgehead atoms. The predicted octanol–water partition coefficient (Wildman–Crippen LogP) is 8.43. The Balaban J connectivity index is 0.000000195. The summed E-state index contributed by atoms with van der Waals surface area (Å²) in [5.41, 5.74) is 3.84. The minimum absolute atomic E-state index is 0.0795. The van der Waals surface area contributed by atoms with Crippen molar-refractivity contribution >= 4 is 23.5 Å². The van der Waals surface area contributed by atoms with Crippen molar-refractivity contribution < 1.29 is 38.5 Å². The van der Waals surface area contributed by atoms with Gasteiger partial charge in [-0.05, 0) is 69.0 Å². The molecular formula is C42H44O8. The van der Waals surface area contributed by atoms with Crippen LogP contribution in [0.15, 0.2) is 84.9 Å². The molecule has 0 saturated heterocycles. The maximum atomic E-state index is 13.1. The number of fused-ring (bicyclic) bond motifs is 4. The summed E-state index contributed by atoms with van der Waals surface area (Å²) in [6.45, 7) is 10.2. The lowest BCUT2D eigenvalue weighted by Crippen LogP contribution is -2.36. The van der Waals surface area contributed by atoms with Crippen molar-refractivity contribution in [1.82, 2.24) is 0 Å². The fourth-order valence-corrected chi connectivity index (χ4v) is 6.61. The molecule has 0 unspecified atom stereocenters. The Labute approximate surface area is 293 Å². The molecule has 1 N–H and O–H groups in total. The number of rotatable bonds is 8. The van der Waals surface area contributed by atoms with Crippen LogP contribution in [0.3, 0.4) is 0 Å². The van der Waals surface area contributed by atoms with E-state index in [0.717, 1.165) is 29.5 Å². The minimum Gasteiger partial charge on any atom is -0.488 e. The number of hydrogen-bond donors (Lipinski definition) is 1. The van der Waals surface area contributed by atoms with E-state index in [1.54, 1.807) is 42.5 Å². The Morgan fingerprint density at radius 3 is 1.70 bits per heavy atom. The van der Waals surface area contributed by atoms with Crippen molar-refractivity contribution in [3.63, 3.8) is 0 Å². The number of aliphatic carboxylic acids is 1. The van der Waals surface area contributed by atoms with Gasteiger partial charge in [0.15, 0.2) is 11.6 Å². The molecule has 8 nitrogen and oxygen atoms in total. The quantitative estimate of drug-likeness (QED) is 0.185. The number of ether oxygens (including phenoxy) is 3. The molecule has 260 valence electrons. The maximum absolute atomic E-state index is 13.1. The van der Waals surface area contributed by atoms with Crippen LogP contribution in [0.4, 0.5) is 0 Å². The highest BCUT2D eigenvalue weighted by molar-refractivity contribution is 6.13. The third-order valence-corrected chi connectivity index (χ3v) is 8.89. The molecule has 2 aliphatic rings. The van der Waals surface area contributed by atoms with E-state index in [1.165, 1.54) is 0 Å². The van der Waals surface area contributed by atoms with Gasteiger partial charge in [-0.15, -0.1) is 0 Å². The van der Waals surface area contributed by atoms with Crippen molar-refractivity contribution in [3.05, 3.63) is 129 Å². The van der Waals surface area contributed by atoms with Crippen LogP contribution in [0.5, 0.6) is 11.5 Å². The largest absolute Gasteiger partial charge is 0.488 e. The van der Waals surface area contributed by atoms with E-state index in [-0.39, 0.29) is 24.0 Å². The first kappa shape index (κ1) is 36.1. The van der Waals surface area contributed by atoms with Gasteiger partial charge in [0.05, 0.1) is 23.0 Å². The third kappa shape index (κ3) is 7.80. The smallest absolute Gasteiger partial charge is 0.314 e. The zero-order chi connectivity index (χ0) is 36.1. The Bertz CT molecular complexity index is 1910. The van der Waals surface area contributed by atoms with Crippen molar-refractivity contribution in [3.8, 4) is 11.5 Å². The van der Waals surface area contributed by atoms with Gasteiger partial charge >= 0.3 is 11.9 Å². The minimum atomic E-state index is -0.968. The van der Waals surface area contributed by atoms with Gasteiger partial charge in [0.1, 0.15) is 30.3 Å². The average molecular weight is 677 g/mol. The summed E-state index contributed by atoms with van der Waals surface area (Å²) in [4.78, 5) is 50.1. The van der Waals surface area contributed by atoms with Crippen molar-refractivity contribution in [2.45, 2.75) is 91.0 Å². The van der Waals surface area contributed by atoms with Crippen molar-refractivity contribution in [1.29, 1.82) is 0 Å². The number of carbonyl (C=O) groups is 4. The fourth-order valence-electron chi connectivity index (χ4n) is 6.61. The Hall–Kier alpha value is -5.24. The molecule has 6 rings (SSSR count). The van der Waals surface area contributed by atoms with Gasteiger partial charge in [-0.3, -0.25) is 19.2 Å². The zero-order valence-corrected chi connectivity index (χ0v) is 29.3. The standard InChI is InChI=1S/C22H24O4.C20H20O4/c1-3-11-22(12-4-2,21(24)25)16-9-10-19-18(13-16)20(23)17-8-6-5-7-15(17)14-26-19;1-20(2,3)24-18(21)11-13-8-9-17-16(10-13)19(22)15-7-5-4-6-14(15)12-23-17/h5-10,13H,3-4,11-12,14H2,1-2H3,(H,24,25);4-10H,11-12H2,1-3H3. The molecule has 0 atom stereocenters. The van der Waals surface area contributed by atoms with E-state index in [0.29, 0.717) is 65.4 Å². The molecule has 0 fully saturated rings. The number of ketones is 2. The summed E-state index contributed by atoms with van der Waals surface area (Å²) < 4.78 is 16.9. The van der Waals surface area contributed by atoms with E-state index in [1.807, 2.05) is 77.1 Å². The summed E-state index contributed by atoms with van der Waals surface area (Å²) in [5.74, 6) is -0.272. The zero-order valence-electron chi connectivity index (χ0n) is 29.3. The number of carboxylic acids is 1. The SMILES string of the molecule is CC(C)(C)OC(=O)Cc1ccc2c(c1)C(=O)c1ccccc1CO2.CCCC(CCC)(C(=O)O)c1ccc2c(c1)C(=O)c1ccccc1CO2. The number of hydrogen-bond acceptors (Lipinski definition) is 7. The highest BCUT2D eigenvalue weighted by Crippen LogP contribution is 2.39. The van der Waals surface area contributed by atoms with Crippen LogP contribution >= 0.6 is 0 Å². The summed E-state index contributed by atoms with van der Waals surface area (Å²) in [6, 6.07) is 25.4. The molecule has 0 radical (unpaired) electrons. The Kier molecular flexibility index (Phi) is 10.9. The normalized spacial score (nSPS) is 13.4. The number of carboxylic acid groups (broad SMARTS) is 1. The number of carbonyl (C=O) groups excluding carboxylic acids is 3. The van der Waals surface area contributed by atoms with Crippen LogP contribution in [0, 0.1) is 0 Å². The predicted molar refractivity (Wildman–Crippen MR) is 190 cm³/mol. The Morgan fingerprint density at radius 1 is 0.700 bits per heavy atom. The average Bonchev–Trinajstić information content (AvgIpc) is 3.31. The lowest BCUT2D eigenvalue weighted by atomic mass is 9.73. The summed E-state index contributed by atoms with van der Waals surface area (Å²) in [5, 5.41) is 10.0. The molecule has 8 heteroatoms. The topological polar surface area (TPSA) is 116 Å². The highest BCUT2D eigenvalue weighted by atomic mass is 16.6. The van der Waals surface area contributed by atoms with Crippen LogP contribution in [-0.4, -0.2) is 34.2 Å². The van der Waals surface area contributed by atoms with Gasteiger partial charge in [0.25, 0.3) is 0 Å². The van der Waals surface area contributed by atoms with Crippen LogP contribution < -0.4 is 9.47 Å². The van der Waals surface area contributed by atoms with E-state index < -0.39 is 17.0 Å². The molecule has 0 saturated carbocycles. The lowest BCUT2D eigenvalue weighted by Gasteiger charge is -2.30. The first-order valence-corrected chi connectivity index (χ1v) is 17.1. The van der Waals surface area contributed by atoms with Crippen LogP contribution in [0.1, 0.15) is 114 Å². The molecule has 2 aliphatic heterocycles. The van der Waals surface area contributed by atoms with Crippen molar-refractivity contribution in [2.24, 2.45) is 0 Å². The first-order chi connectivity index (χ1) is 23.9. The second-order valence-corrected chi connectivity index (χ2v) is 13.7. The van der Waals surface area contributed by atoms with E-state index in [4.69, 9.17) is 14.2 Å². The second kappa shape index (κ2) is 15.1. The highest BCUT2D eigenvalue weighted by Gasteiger charge is 2.39. The second-order valence-electron chi connectivity index (χ2n) is 13.7. The first-order valence-electron chi connectivity index (χ1n) is 17.1. The molecular weight excluding hydrogens is 632 g/mol. The van der Waals surface area contributed by atoms with Gasteiger partial charge in [0, 0.05) is 22.3 Å². The third-order valence-electron chi connectivity index (χ3n) is 8.89. The molecule has 0 aliphatic carbocycles. The lowest BCUT2D eigenvalue weighted by molar-refractivity contribution is -0.154. The van der Waals surface area contributed by atoms with Gasteiger partial charge < -0.3 is 19.3 Å². The van der Waals surface area contributed by atoms with E-state index >= 15 is 0 Å². The summed E-state index contributed by atoms with van der Waals surface area (Å²) in [7, 11) is 0. The summed E-state index contributed by atoms with van der Waals surface area (Å²) >= 11 is 0. The molecule has 4 aromatic carbocycles.